The molecular formula is C12H19N3O2. The lowest BCUT2D eigenvalue weighted by Gasteiger charge is -2.19. The first kappa shape index (κ1) is 12.1. The highest BCUT2D eigenvalue weighted by Gasteiger charge is 2.26. The van der Waals surface area contributed by atoms with Gasteiger partial charge >= 0.3 is 5.91 Å². The molecule has 1 amide bonds. The molecule has 1 aliphatic heterocycles. The molecule has 0 aliphatic carbocycles. The highest BCUT2D eigenvalue weighted by Crippen LogP contribution is 2.24. The molecule has 2 unspecified atom stereocenters. The molecule has 0 radical (unpaired) electrons. The van der Waals surface area contributed by atoms with Crippen molar-refractivity contribution in [2.75, 3.05) is 6.54 Å². The summed E-state index contributed by atoms with van der Waals surface area (Å²) >= 11 is 0. The van der Waals surface area contributed by atoms with Crippen LogP contribution in [-0.2, 0) is 6.54 Å². The number of furan rings is 1. The maximum atomic E-state index is 11.2. The molecule has 5 nitrogen and oxygen atoms in total. The third-order valence-electron chi connectivity index (χ3n) is 3.29. The minimum absolute atomic E-state index is 0.266. The number of amides is 1. The first-order valence-corrected chi connectivity index (χ1v) is 5.94. The summed E-state index contributed by atoms with van der Waals surface area (Å²) in [4.78, 5) is 13.6. The molecule has 0 spiro atoms. The van der Waals surface area contributed by atoms with Crippen LogP contribution in [-0.4, -0.2) is 23.4 Å². The Bertz CT molecular complexity index is 402. The second-order valence-corrected chi connectivity index (χ2v) is 4.86. The Morgan fingerprint density at radius 1 is 1.59 bits per heavy atom. The predicted molar refractivity (Wildman–Crippen MR) is 64.0 cm³/mol. The van der Waals surface area contributed by atoms with Crippen molar-refractivity contribution in [3.05, 3.63) is 23.7 Å². The molecule has 1 aromatic heterocycles. The summed E-state index contributed by atoms with van der Waals surface area (Å²) in [7, 11) is 0. The summed E-state index contributed by atoms with van der Waals surface area (Å²) in [6.07, 6.45) is 1.22. The lowest BCUT2D eigenvalue weighted by atomic mass is 10.1. The molecule has 1 saturated heterocycles. The molecule has 3 N–H and O–H groups in total. The Morgan fingerprint density at radius 2 is 2.35 bits per heavy atom. The van der Waals surface area contributed by atoms with Crippen LogP contribution in [0.1, 0.15) is 36.6 Å². The molecule has 0 saturated carbocycles. The van der Waals surface area contributed by atoms with E-state index in [-0.39, 0.29) is 11.7 Å². The quantitative estimate of drug-likeness (QED) is 0.469. The van der Waals surface area contributed by atoms with Gasteiger partial charge in [0.25, 0.3) is 0 Å². The fourth-order valence-electron chi connectivity index (χ4n) is 2.46. The van der Waals surface area contributed by atoms with Gasteiger partial charge in [0.15, 0.2) is 5.76 Å². The maximum Gasteiger partial charge on any atom is 0.300 e. The minimum atomic E-state index is -0.390. The van der Waals surface area contributed by atoms with E-state index >= 15 is 0 Å². The van der Waals surface area contributed by atoms with E-state index in [1.165, 1.54) is 6.42 Å². The van der Waals surface area contributed by atoms with E-state index in [0.29, 0.717) is 6.04 Å². The fraction of sp³-hybridized carbons (Fsp3) is 0.583. The molecule has 17 heavy (non-hydrogen) atoms. The van der Waals surface area contributed by atoms with Crippen molar-refractivity contribution >= 4 is 5.91 Å². The average molecular weight is 237 g/mol. The van der Waals surface area contributed by atoms with Crippen molar-refractivity contribution in [1.29, 1.82) is 0 Å². The summed E-state index contributed by atoms with van der Waals surface area (Å²) in [6.45, 7) is 6.31. The van der Waals surface area contributed by atoms with E-state index in [0.717, 1.165) is 24.8 Å². The van der Waals surface area contributed by atoms with Gasteiger partial charge < -0.3 is 4.42 Å². The van der Waals surface area contributed by atoms with E-state index in [1.807, 2.05) is 6.07 Å². The number of carbonyl (C=O) groups is 1. The number of hydrazine groups is 1. The van der Waals surface area contributed by atoms with Gasteiger partial charge in [-0.25, -0.2) is 5.84 Å². The van der Waals surface area contributed by atoms with E-state index < -0.39 is 0 Å². The molecule has 0 bridgehead atoms. The van der Waals surface area contributed by atoms with Gasteiger partial charge in [-0.3, -0.25) is 15.1 Å². The molecule has 2 heterocycles. The molecule has 94 valence electrons. The molecule has 5 heteroatoms. The Hall–Kier alpha value is -1.33. The van der Waals surface area contributed by atoms with Gasteiger partial charge in [-0.05, 0) is 31.4 Å². The standard InChI is InChI=1S/C12H19N3O2/c1-8-5-9(2)15(6-8)7-10-3-4-11(17-10)12(16)14-13/h3-4,8-9H,5-7,13H2,1-2H3,(H,14,16). The summed E-state index contributed by atoms with van der Waals surface area (Å²) < 4.78 is 5.45. The number of nitrogen functional groups attached to an aromatic ring is 1. The van der Waals surface area contributed by atoms with E-state index in [9.17, 15) is 4.79 Å². The van der Waals surface area contributed by atoms with Crippen molar-refractivity contribution in [2.24, 2.45) is 11.8 Å². The normalized spacial score (nSPS) is 25.1. The van der Waals surface area contributed by atoms with Gasteiger partial charge in [0, 0.05) is 12.6 Å². The first-order chi connectivity index (χ1) is 8.10. The van der Waals surface area contributed by atoms with Crippen LogP contribution in [0.4, 0.5) is 0 Å². The highest BCUT2D eigenvalue weighted by atomic mass is 16.4. The van der Waals surface area contributed by atoms with E-state index in [4.69, 9.17) is 10.3 Å². The second-order valence-electron chi connectivity index (χ2n) is 4.86. The average Bonchev–Trinajstić information content (AvgIpc) is 2.86. The van der Waals surface area contributed by atoms with Gasteiger partial charge in [-0.1, -0.05) is 6.92 Å². The van der Waals surface area contributed by atoms with Gasteiger partial charge in [-0.2, -0.15) is 0 Å². The number of carbonyl (C=O) groups excluding carboxylic acids is 1. The van der Waals surface area contributed by atoms with Crippen LogP contribution in [0.2, 0.25) is 0 Å². The number of nitrogens with two attached hydrogens (primary N) is 1. The predicted octanol–water partition coefficient (Wildman–Crippen LogP) is 1.11. The Kier molecular flexibility index (Phi) is 3.49. The lowest BCUT2D eigenvalue weighted by molar-refractivity contribution is 0.0922. The van der Waals surface area contributed by atoms with Crippen molar-refractivity contribution < 1.29 is 9.21 Å². The number of hydrogen-bond donors (Lipinski definition) is 2. The van der Waals surface area contributed by atoms with E-state index in [2.05, 4.69) is 24.2 Å². The Labute approximate surface area is 101 Å². The largest absolute Gasteiger partial charge is 0.455 e. The van der Waals surface area contributed by atoms with Crippen LogP contribution in [0.25, 0.3) is 0 Å². The topological polar surface area (TPSA) is 71.5 Å². The second kappa shape index (κ2) is 4.89. The first-order valence-electron chi connectivity index (χ1n) is 5.94. The van der Waals surface area contributed by atoms with Crippen molar-refractivity contribution in [2.45, 2.75) is 32.9 Å². The number of nitrogens with zero attached hydrogens (tertiary/aromatic N) is 1. The number of rotatable bonds is 3. The molecule has 0 aromatic carbocycles. The third-order valence-corrected chi connectivity index (χ3v) is 3.29. The Morgan fingerprint density at radius 3 is 2.94 bits per heavy atom. The SMILES string of the molecule is CC1CC(C)N(Cc2ccc(C(=O)NN)o2)C1. The smallest absolute Gasteiger partial charge is 0.300 e. The molecule has 1 aliphatic rings. The van der Waals surface area contributed by atoms with Crippen LogP contribution in [0.5, 0.6) is 0 Å². The molecule has 2 rings (SSSR count). The van der Waals surface area contributed by atoms with Crippen LogP contribution < -0.4 is 11.3 Å². The summed E-state index contributed by atoms with van der Waals surface area (Å²) in [5.74, 6) is 6.46. The molecular weight excluding hydrogens is 218 g/mol. The lowest BCUT2D eigenvalue weighted by Crippen LogP contribution is -2.29. The van der Waals surface area contributed by atoms with Crippen molar-refractivity contribution in [1.82, 2.24) is 10.3 Å². The zero-order chi connectivity index (χ0) is 12.4. The number of likely N-dealkylation sites (tertiary alicyclic amines) is 1. The highest BCUT2D eigenvalue weighted by molar-refractivity contribution is 5.90. The number of nitrogens with one attached hydrogen (secondary N) is 1. The monoisotopic (exact) mass is 237 g/mol. The van der Waals surface area contributed by atoms with Gasteiger partial charge in [-0.15, -0.1) is 0 Å². The summed E-state index contributed by atoms with van der Waals surface area (Å²) in [6, 6.07) is 4.06. The maximum absolute atomic E-state index is 11.2. The van der Waals surface area contributed by atoms with E-state index in [1.54, 1.807) is 6.07 Å². The van der Waals surface area contributed by atoms with Crippen molar-refractivity contribution in [3.63, 3.8) is 0 Å². The van der Waals surface area contributed by atoms with Crippen LogP contribution >= 0.6 is 0 Å². The van der Waals surface area contributed by atoms with Crippen LogP contribution in [0.3, 0.4) is 0 Å². The fourth-order valence-corrected chi connectivity index (χ4v) is 2.46. The van der Waals surface area contributed by atoms with Gasteiger partial charge in [0.05, 0.1) is 6.54 Å². The third kappa shape index (κ3) is 2.68. The molecule has 1 fully saturated rings. The molecule has 1 aromatic rings. The summed E-state index contributed by atoms with van der Waals surface area (Å²) in [5.41, 5.74) is 2.06. The minimum Gasteiger partial charge on any atom is -0.455 e. The van der Waals surface area contributed by atoms with Crippen molar-refractivity contribution in [3.8, 4) is 0 Å². The van der Waals surface area contributed by atoms with Gasteiger partial charge in [0.2, 0.25) is 0 Å². The van der Waals surface area contributed by atoms with Gasteiger partial charge in [0.1, 0.15) is 5.76 Å². The zero-order valence-electron chi connectivity index (χ0n) is 10.3. The van der Waals surface area contributed by atoms with Crippen LogP contribution in [0.15, 0.2) is 16.5 Å². The zero-order valence-corrected chi connectivity index (χ0v) is 10.3. The molecule has 2 atom stereocenters. The Balaban J connectivity index is 1.99. The number of hydrogen-bond acceptors (Lipinski definition) is 4. The van der Waals surface area contributed by atoms with Crippen LogP contribution in [0, 0.1) is 5.92 Å². The summed E-state index contributed by atoms with van der Waals surface area (Å²) in [5, 5.41) is 0.